The van der Waals surface area contributed by atoms with Crippen LogP contribution in [0.2, 0.25) is 4.34 Å². The van der Waals surface area contributed by atoms with Crippen molar-refractivity contribution in [3.8, 4) is 0 Å². The van der Waals surface area contributed by atoms with Crippen LogP contribution in [-0.4, -0.2) is 31.1 Å². The molecule has 1 aromatic rings. The highest BCUT2D eigenvalue weighted by Crippen LogP contribution is 2.34. The standard InChI is InChI=1S/C13H19ClN2S/c1-10(2)9-11(12-3-4-13(14)17-12)16-7-5-15-6-8-16/h3-4,11,15H,1,5-9H2,2H3/t11-/m1/s1. The van der Waals surface area contributed by atoms with Crippen molar-refractivity contribution in [3.63, 3.8) is 0 Å². The predicted molar refractivity (Wildman–Crippen MR) is 75.9 cm³/mol. The van der Waals surface area contributed by atoms with Crippen molar-refractivity contribution in [1.82, 2.24) is 10.2 Å². The van der Waals surface area contributed by atoms with Gasteiger partial charge in [0.1, 0.15) is 0 Å². The SMILES string of the molecule is C=C(C)C[C@H](c1ccc(Cl)s1)N1CCNCC1. The van der Waals surface area contributed by atoms with Gasteiger partial charge in [-0.3, -0.25) is 4.90 Å². The summed E-state index contributed by atoms with van der Waals surface area (Å²) in [4.78, 5) is 3.90. The van der Waals surface area contributed by atoms with E-state index in [1.165, 1.54) is 10.5 Å². The maximum Gasteiger partial charge on any atom is 0.0931 e. The van der Waals surface area contributed by atoms with Crippen LogP contribution in [-0.2, 0) is 0 Å². The number of thiophene rings is 1. The number of hydrogen-bond donors (Lipinski definition) is 1. The molecular weight excluding hydrogens is 252 g/mol. The monoisotopic (exact) mass is 270 g/mol. The third-order valence-corrected chi connectivity index (χ3v) is 4.39. The Bertz CT molecular complexity index is 383. The zero-order chi connectivity index (χ0) is 12.3. The molecule has 0 unspecified atom stereocenters. The Morgan fingerprint density at radius 1 is 1.53 bits per heavy atom. The van der Waals surface area contributed by atoms with Crippen molar-refractivity contribution in [2.24, 2.45) is 0 Å². The Labute approximate surface area is 112 Å². The van der Waals surface area contributed by atoms with E-state index >= 15 is 0 Å². The number of halogens is 1. The molecule has 0 aromatic carbocycles. The Morgan fingerprint density at radius 2 is 2.24 bits per heavy atom. The van der Waals surface area contributed by atoms with Gasteiger partial charge in [0, 0.05) is 37.1 Å². The van der Waals surface area contributed by atoms with Gasteiger partial charge in [0.05, 0.1) is 4.34 Å². The van der Waals surface area contributed by atoms with Gasteiger partial charge in [0.2, 0.25) is 0 Å². The maximum absolute atomic E-state index is 6.05. The molecule has 0 amide bonds. The van der Waals surface area contributed by atoms with Crippen molar-refractivity contribution in [2.45, 2.75) is 19.4 Å². The van der Waals surface area contributed by atoms with Crippen LogP contribution in [0.1, 0.15) is 24.3 Å². The lowest BCUT2D eigenvalue weighted by Crippen LogP contribution is -2.45. The van der Waals surface area contributed by atoms with Crippen LogP contribution < -0.4 is 5.32 Å². The predicted octanol–water partition coefficient (Wildman–Crippen LogP) is 3.31. The molecule has 1 aromatic heterocycles. The molecule has 1 fully saturated rings. The van der Waals surface area contributed by atoms with E-state index in [1.54, 1.807) is 11.3 Å². The topological polar surface area (TPSA) is 15.3 Å². The molecule has 1 saturated heterocycles. The van der Waals surface area contributed by atoms with Gasteiger partial charge in [0.25, 0.3) is 0 Å². The van der Waals surface area contributed by atoms with Crippen molar-refractivity contribution < 1.29 is 0 Å². The van der Waals surface area contributed by atoms with Crippen molar-refractivity contribution in [2.75, 3.05) is 26.2 Å². The van der Waals surface area contributed by atoms with Crippen molar-refractivity contribution in [1.29, 1.82) is 0 Å². The van der Waals surface area contributed by atoms with E-state index in [-0.39, 0.29) is 0 Å². The molecule has 4 heteroatoms. The summed E-state index contributed by atoms with van der Waals surface area (Å²) in [6.45, 7) is 10.5. The summed E-state index contributed by atoms with van der Waals surface area (Å²) in [6, 6.07) is 4.60. The Kier molecular flexibility index (Phi) is 4.62. The van der Waals surface area contributed by atoms with Gasteiger partial charge in [-0.2, -0.15) is 0 Å². The number of nitrogens with one attached hydrogen (secondary N) is 1. The lowest BCUT2D eigenvalue weighted by molar-refractivity contribution is 0.175. The number of nitrogens with zero attached hydrogens (tertiary/aromatic N) is 1. The minimum atomic E-state index is 0.451. The van der Waals surface area contributed by atoms with Crippen LogP contribution in [0.5, 0.6) is 0 Å². The molecule has 2 rings (SSSR count). The first kappa shape index (κ1) is 13.1. The summed E-state index contributed by atoms with van der Waals surface area (Å²) in [5, 5.41) is 3.39. The van der Waals surface area contributed by atoms with E-state index in [0.29, 0.717) is 6.04 Å². The number of rotatable bonds is 4. The maximum atomic E-state index is 6.05. The van der Waals surface area contributed by atoms with E-state index in [9.17, 15) is 0 Å². The van der Waals surface area contributed by atoms with Gasteiger partial charge in [-0.15, -0.1) is 17.9 Å². The van der Waals surface area contributed by atoms with E-state index in [4.69, 9.17) is 11.6 Å². The highest BCUT2D eigenvalue weighted by Gasteiger charge is 2.23. The molecule has 0 saturated carbocycles. The summed E-state index contributed by atoms with van der Waals surface area (Å²) in [5.41, 5.74) is 1.23. The first-order chi connectivity index (χ1) is 8.16. The fourth-order valence-electron chi connectivity index (χ4n) is 2.24. The van der Waals surface area contributed by atoms with E-state index < -0.39 is 0 Å². The highest BCUT2D eigenvalue weighted by molar-refractivity contribution is 7.16. The minimum Gasteiger partial charge on any atom is -0.314 e. The second-order valence-corrected chi connectivity index (χ2v) is 6.35. The molecule has 2 nitrogen and oxygen atoms in total. The third-order valence-electron chi connectivity index (χ3n) is 3.06. The van der Waals surface area contributed by atoms with Crippen LogP contribution in [0.25, 0.3) is 0 Å². The second-order valence-electron chi connectivity index (χ2n) is 4.60. The van der Waals surface area contributed by atoms with Gasteiger partial charge in [0.15, 0.2) is 0 Å². The summed E-state index contributed by atoms with van der Waals surface area (Å²) in [6.07, 6.45) is 1.02. The Hall–Kier alpha value is -0.350. The Morgan fingerprint density at radius 3 is 2.76 bits per heavy atom. The van der Waals surface area contributed by atoms with E-state index in [2.05, 4.69) is 29.8 Å². The number of hydrogen-bond acceptors (Lipinski definition) is 3. The first-order valence-corrected chi connectivity index (χ1v) is 7.20. The zero-order valence-electron chi connectivity index (χ0n) is 10.2. The average molecular weight is 271 g/mol. The summed E-state index contributed by atoms with van der Waals surface area (Å²) >= 11 is 7.74. The molecule has 2 heterocycles. The third kappa shape index (κ3) is 3.55. The molecule has 0 aliphatic carbocycles. The fourth-order valence-corrected chi connectivity index (χ4v) is 3.44. The van der Waals surface area contributed by atoms with Crippen LogP contribution in [0, 0.1) is 0 Å². The molecule has 1 aliphatic heterocycles. The van der Waals surface area contributed by atoms with Gasteiger partial charge >= 0.3 is 0 Å². The summed E-state index contributed by atoms with van der Waals surface area (Å²) < 4.78 is 0.877. The van der Waals surface area contributed by atoms with Gasteiger partial charge in [-0.1, -0.05) is 17.2 Å². The van der Waals surface area contributed by atoms with Crippen LogP contribution in [0.3, 0.4) is 0 Å². The molecule has 0 spiro atoms. The zero-order valence-corrected chi connectivity index (χ0v) is 11.8. The van der Waals surface area contributed by atoms with Crippen LogP contribution in [0.4, 0.5) is 0 Å². The highest BCUT2D eigenvalue weighted by atomic mass is 35.5. The second kappa shape index (κ2) is 6.01. The van der Waals surface area contributed by atoms with Crippen molar-refractivity contribution >= 4 is 22.9 Å². The van der Waals surface area contributed by atoms with Gasteiger partial charge < -0.3 is 5.32 Å². The molecular formula is C13H19ClN2S. The van der Waals surface area contributed by atoms with Gasteiger partial charge in [-0.05, 0) is 25.5 Å². The molecule has 0 radical (unpaired) electrons. The Balaban J connectivity index is 2.14. The molecule has 1 aliphatic rings. The molecule has 1 N–H and O–H groups in total. The van der Waals surface area contributed by atoms with Crippen molar-refractivity contribution in [3.05, 3.63) is 33.5 Å². The number of piperazine rings is 1. The lowest BCUT2D eigenvalue weighted by atomic mass is 10.0. The van der Waals surface area contributed by atoms with Crippen LogP contribution in [0.15, 0.2) is 24.3 Å². The van der Waals surface area contributed by atoms with Crippen LogP contribution >= 0.6 is 22.9 Å². The summed E-state index contributed by atoms with van der Waals surface area (Å²) in [7, 11) is 0. The molecule has 0 bridgehead atoms. The smallest absolute Gasteiger partial charge is 0.0931 e. The fraction of sp³-hybridized carbons (Fsp3) is 0.538. The van der Waals surface area contributed by atoms with E-state index in [0.717, 1.165) is 36.9 Å². The lowest BCUT2D eigenvalue weighted by Gasteiger charge is -2.34. The molecule has 1 atom stereocenters. The summed E-state index contributed by atoms with van der Waals surface area (Å²) in [5.74, 6) is 0. The first-order valence-electron chi connectivity index (χ1n) is 6.01. The normalized spacial score (nSPS) is 19.2. The quantitative estimate of drug-likeness (QED) is 0.845. The minimum absolute atomic E-state index is 0.451. The molecule has 94 valence electrons. The average Bonchev–Trinajstić information content (AvgIpc) is 2.73. The van der Waals surface area contributed by atoms with Gasteiger partial charge in [-0.25, -0.2) is 0 Å². The van der Waals surface area contributed by atoms with E-state index in [1.807, 2.05) is 6.07 Å². The molecule has 17 heavy (non-hydrogen) atoms. The largest absolute Gasteiger partial charge is 0.314 e.